The SMILES string of the molecule is Cl.N[C@H](CF)c1ccc(F)cc1Cl. The van der Waals surface area contributed by atoms with Crippen molar-refractivity contribution in [2.75, 3.05) is 6.67 Å². The fraction of sp³-hybridized carbons (Fsp3) is 0.250. The molecule has 0 aromatic heterocycles. The van der Waals surface area contributed by atoms with E-state index >= 15 is 0 Å². The van der Waals surface area contributed by atoms with Gasteiger partial charge in [-0.05, 0) is 17.7 Å². The third kappa shape index (κ3) is 3.10. The van der Waals surface area contributed by atoms with Crippen molar-refractivity contribution >= 4 is 24.0 Å². The summed E-state index contributed by atoms with van der Waals surface area (Å²) in [4.78, 5) is 0. The van der Waals surface area contributed by atoms with E-state index in [4.69, 9.17) is 17.3 Å². The quantitative estimate of drug-likeness (QED) is 0.827. The van der Waals surface area contributed by atoms with E-state index < -0.39 is 18.5 Å². The number of alkyl halides is 1. The van der Waals surface area contributed by atoms with Crippen molar-refractivity contribution in [2.45, 2.75) is 6.04 Å². The zero-order valence-corrected chi connectivity index (χ0v) is 8.21. The molecule has 13 heavy (non-hydrogen) atoms. The molecule has 0 unspecified atom stereocenters. The van der Waals surface area contributed by atoms with E-state index in [2.05, 4.69) is 0 Å². The van der Waals surface area contributed by atoms with Gasteiger partial charge >= 0.3 is 0 Å². The predicted molar refractivity (Wildman–Crippen MR) is 51.6 cm³/mol. The highest BCUT2D eigenvalue weighted by atomic mass is 35.5. The molecule has 2 N–H and O–H groups in total. The molecule has 1 nitrogen and oxygen atoms in total. The van der Waals surface area contributed by atoms with Gasteiger partial charge in [0, 0.05) is 5.02 Å². The molecule has 1 aromatic carbocycles. The van der Waals surface area contributed by atoms with Crippen LogP contribution in [0.1, 0.15) is 11.6 Å². The van der Waals surface area contributed by atoms with Gasteiger partial charge in [0.25, 0.3) is 0 Å². The maximum Gasteiger partial charge on any atom is 0.124 e. The van der Waals surface area contributed by atoms with Crippen molar-refractivity contribution in [2.24, 2.45) is 5.73 Å². The van der Waals surface area contributed by atoms with Crippen LogP contribution in [0, 0.1) is 5.82 Å². The lowest BCUT2D eigenvalue weighted by molar-refractivity contribution is 0.437. The Morgan fingerprint density at radius 3 is 2.54 bits per heavy atom. The number of benzene rings is 1. The van der Waals surface area contributed by atoms with Crippen LogP contribution in [0.25, 0.3) is 0 Å². The van der Waals surface area contributed by atoms with E-state index in [1.165, 1.54) is 12.1 Å². The van der Waals surface area contributed by atoms with Gasteiger partial charge in [0.1, 0.15) is 12.5 Å². The molecule has 0 saturated carbocycles. The zero-order chi connectivity index (χ0) is 9.14. The lowest BCUT2D eigenvalue weighted by Gasteiger charge is -2.08. The molecule has 1 atom stereocenters. The van der Waals surface area contributed by atoms with Crippen molar-refractivity contribution in [3.05, 3.63) is 34.6 Å². The minimum Gasteiger partial charge on any atom is -0.322 e. The predicted octanol–water partition coefficient (Wildman–Crippen LogP) is 2.87. The fourth-order valence-corrected chi connectivity index (χ4v) is 1.19. The molecule has 1 aromatic rings. The lowest BCUT2D eigenvalue weighted by Crippen LogP contribution is -2.12. The van der Waals surface area contributed by atoms with Crippen LogP contribution in [0.5, 0.6) is 0 Å². The van der Waals surface area contributed by atoms with Crippen LogP contribution in [-0.2, 0) is 0 Å². The van der Waals surface area contributed by atoms with Gasteiger partial charge in [-0.3, -0.25) is 0 Å². The summed E-state index contributed by atoms with van der Waals surface area (Å²) in [5, 5.41) is 0.167. The second-order valence-electron chi connectivity index (χ2n) is 2.43. The highest BCUT2D eigenvalue weighted by molar-refractivity contribution is 6.31. The molecule has 0 fully saturated rings. The van der Waals surface area contributed by atoms with E-state index in [1.54, 1.807) is 0 Å². The van der Waals surface area contributed by atoms with Crippen molar-refractivity contribution in [3.8, 4) is 0 Å². The Kier molecular flexibility index (Phi) is 5.21. The van der Waals surface area contributed by atoms with E-state index in [1.807, 2.05) is 0 Å². The summed E-state index contributed by atoms with van der Waals surface area (Å²) in [5.74, 6) is -0.449. The molecular formula is C8H9Cl2F2N. The number of halogens is 4. The smallest absolute Gasteiger partial charge is 0.124 e. The van der Waals surface area contributed by atoms with E-state index in [-0.39, 0.29) is 17.4 Å². The van der Waals surface area contributed by atoms with Crippen molar-refractivity contribution in [1.82, 2.24) is 0 Å². The molecule has 0 spiro atoms. The van der Waals surface area contributed by atoms with Gasteiger partial charge in [-0.15, -0.1) is 12.4 Å². The van der Waals surface area contributed by atoms with E-state index in [9.17, 15) is 8.78 Å². The molecule has 0 aliphatic carbocycles. The topological polar surface area (TPSA) is 26.0 Å². The van der Waals surface area contributed by atoms with Gasteiger partial charge < -0.3 is 5.73 Å². The number of hydrogen-bond donors (Lipinski definition) is 1. The van der Waals surface area contributed by atoms with Gasteiger partial charge in [-0.1, -0.05) is 17.7 Å². The first kappa shape index (κ1) is 12.6. The molecule has 0 aliphatic rings. The third-order valence-electron chi connectivity index (χ3n) is 1.53. The second-order valence-corrected chi connectivity index (χ2v) is 2.83. The van der Waals surface area contributed by atoms with E-state index in [0.717, 1.165) is 6.07 Å². The average Bonchev–Trinajstić information content (AvgIpc) is 2.03. The number of rotatable bonds is 2. The van der Waals surface area contributed by atoms with Crippen molar-refractivity contribution in [1.29, 1.82) is 0 Å². The molecule has 1 rings (SSSR count). The van der Waals surface area contributed by atoms with Crippen LogP contribution in [0.15, 0.2) is 18.2 Å². The molecule has 0 saturated heterocycles. The summed E-state index contributed by atoms with van der Waals surface area (Å²) < 4.78 is 24.6. The highest BCUT2D eigenvalue weighted by Crippen LogP contribution is 2.22. The Balaban J connectivity index is 0.00000144. The number of hydrogen-bond acceptors (Lipinski definition) is 1. The maximum atomic E-state index is 12.5. The summed E-state index contributed by atoms with van der Waals surface area (Å²) in [7, 11) is 0. The molecule has 74 valence electrons. The lowest BCUT2D eigenvalue weighted by atomic mass is 10.1. The minimum atomic E-state index is -0.766. The Morgan fingerprint density at radius 2 is 2.08 bits per heavy atom. The van der Waals surface area contributed by atoms with Crippen LogP contribution in [0.2, 0.25) is 5.02 Å². The van der Waals surface area contributed by atoms with Gasteiger partial charge in [0.15, 0.2) is 0 Å². The maximum absolute atomic E-state index is 12.5. The first-order valence-electron chi connectivity index (χ1n) is 3.41. The van der Waals surface area contributed by atoms with Crippen molar-refractivity contribution < 1.29 is 8.78 Å². The summed E-state index contributed by atoms with van der Waals surface area (Å²) in [6.45, 7) is -0.703. The van der Waals surface area contributed by atoms with Gasteiger partial charge in [-0.2, -0.15) is 0 Å². The minimum absolute atomic E-state index is 0. The van der Waals surface area contributed by atoms with Crippen LogP contribution in [0.3, 0.4) is 0 Å². The van der Waals surface area contributed by atoms with Gasteiger partial charge in [0.2, 0.25) is 0 Å². The fourth-order valence-electron chi connectivity index (χ4n) is 0.885. The normalized spacial score (nSPS) is 12.0. The molecule has 5 heteroatoms. The Morgan fingerprint density at radius 1 is 1.46 bits per heavy atom. The van der Waals surface area contributed by atoms with Gasteiger partial charge in [-0.25, -0.2) is 8.78 Å². The van der Waals surface area contributed by atoms with Crippen LogP contribution < -0.4 is 5.73 Å². The monoisotopic (exact) mass is 227 g/mol. The third-order valence-corrected chi connectivity index (χ3v) is 1.86. The molecule has 0 bridgehead atoms. The molecule has 0 heterocycles. The zero-order valence-electron chi connectivity index (χ0n) is 6.64. The highest BCUT2D eigenvalue weighted by Gasteiger charge is 2.09. The largest absolute Gasteiger partial charge is 0.322 e. The first-order valence-corrected chi connectivity index (χ1v) is 3.79. The molecule has 0 radical (unpaired) electrons. The molecular weight excluding hydrogens is 219 g/mol. The Hall–Kier alpha value is -0.380. The van der Waals surface area contributed by atoms with Crippen LogP contribution in [0.4, 0.5) is 8.78 Å². The Labute approximate surface area is 86.3 Å². The van der Waals surface area contributed by atoms with E-state index in [0.29, 0.717) is 5.56 Å². The van der Waals surface area contributed by atoms with Crippen LogP contribution in [-0.4, -0.2) is 6.67 Å². The Bertz CT molecular complexity index is 281. The second kappa shape index (κ2) is 5.37. The standard InChI is InChI=1S/C8H8ClF2N.ClH/c9-7-3-5(11)1-2-6(7)8(12)4-10;/h1-3,8H,4,12H2;1H/t8-;/m1./s1. The first-order chi connectivity index (χ1) is 5.65. The summed E-state index contributed by atoms with van der Waals surface area (Å²) in [5.41, 5.74) is 5.79. The molecule has 0 aliphatic heterocycles. The van der Waals surface area contributed by atoms with Crippen LogP contribution >= 0.6 is 24.0 Å². The average molecular weight is 228 g/mol. The molecule has 0 amide bonds. The summed E-state index contributed by atoms with van der Waals surface area (Å²) in [6, 6.07) is 2.95. The van der Waals surface area contributed by atoms with Gasteiger partial charge in [0.05, 0.1) is 6.04 Å². The summed E-state index contributed by atoms with van der Waals surface area (Å²) in [6.07, 6.45) is 0. The van der Waals surface area contributed by atoms with Crippen molar-refractivity contribution in [3.63, 3.8) is 0 Å². The number of nitrogens with two attached hydrogens (primary N) is 1. The summed E-state index contributed by atoms with van der Waals surface area (Å²) >= 11 is 5.62.